The third-order valence-electron chi connectivity index (χ3n) is 3.73. The number of hydrogen-bond donors (Lipinski definition) is 1. The van der Waals surface area contributed by atoms with Gasteiger partial charge in [-0.1, -0.05) is 30.3 Å². The Bertz CT molecular complexity index is 659. The summed E-state index contributed by atoms with van der Waals surface area (Å²) in [5.74, 6) is -3.22. The summed E-state index contributed by atoms with van der Waals surface area (Å²) in [5, 5.41) is 2.60. The maximum atomic E-state index is 13.1. The maximum Gasteiger partial charge on any atom is 0.248 e. The quantitative estimate of drug-likeness (QED) is 0.944. The van der Waals surface area contributed by atoms with E-state index in [2.05, 4.69) is 15.3 Å². The predicted molar refractivity (Wildman–Crippen MR) is 78.4 cm³/mol. The van der Waals surface area contributed by atoms with Gasteiger partial charge in [0.2, 0.25) is 11.8 Å². The molecule has 1 aromatic carbocycles. The van der Waals surface area contributed by atoms with Crippen molar-refractivity contribution in [2.24, 2.45) is 5.92 Å². The lowest BCUT2D eigenvalue weighted by Gasteiger charge is -2.11. The van der Waals surface area contributed by atoms with Crippen molar-refractivity contribution in [1.29, 1.82) is 0 Å². The average Bonchev–Trinajstić information content (AvgIpc) is 2.89. The molecule has 1 unspecified atom stereocenters. The highest BCUT2D eigenvalue weighted by Crippen LogP contribution is 2.39. The Morgan fingerprint density at radius 1 is 1.18 bits per heavy atom. The average molecular weight is 303 g/mol. The first-order valence-corrected chi connectivity index (χ1v) is 7.10. The van der Waals surface area contributed by atoms with E-state index in [9.17, 15) is 13.6 Å². The minimum absolute atomic E-state index is 0.210. The highest BCUT2D eigenvalue weighted by atomic mass is 19.3. The van der Waals surface area contributed by atoms with Crippen LogP contribution in [0.2, 0.25) is 0 Å². The lowest BCUT2D eigenvalue weighted by molar-refractivity contribution is -0.120. The van der Waals surface area contributed by atoms with Crippen LogP contribution in [-0.4, -0.2) is 21.8 Å². The van der Waals surface area contributed by atoms with Crippen LogP contribution in [0.15, 0.2) is 42.7 Å². The van der Waals surface area contributed by atoms with Gasteiger partial charge in [-0.15, -0.1) is 0 Å². The van der Waals surface area contributed by atoms with E-state index < -0.39 is 17.7 Å². The number of nitrogens with one attached hydrogen (secondary N) is 1. The molecule has 4 nitrogen and oxygen atoms in total. The second-order valence-electron chi connectivity index (χ2n) is 5.45. The predicted octanol–water partition coefficient (Wildman–Crippen LogP) is 3.52. The van der Waals surface area contributed by atoms with Crippen LogP contribution in [0, 0.1) is 5.92 Å². The van der Waals surface area contributed by atoms with Crippen LogP contribution in [-0.2, 0) is 4.79 Å². The summed E-state index contributed by atoms with van der Waals surface area (Å²) < 4.78 is 26.3. The molecule has 0 saturated heterocycles. The number of aromatic nitrogens is 2. The molecular formula is C16H15F2N3O. The SMILES string of the molecule is O=C(Nc1cnc(-c2ccccc2)nc1)C1CCC(F)(F)C1. The van der Waals surface area contributed by atoms with E-state index in [1.54, 1.807) is 0 Å². The summed E-state index contributed by atoms with van der Waals surface area (Å²) in [6.45, 7) is 0. The molecule has 1 amide bonds. The number of rotatable bonds is 3. The Morgan fingerprint density at radius 2 is 1.86 bits per heavy atom. The smallest absolute Gasteiger partial charge is 0.248 e. The number of alkyl halides is 2. The van der Waals surface area contributed by atoms with Crippen LogP contribution < -0.4 is 5.32 Å². The molecule has 0 radical (unpaired) electrons. The van der Waals surface area contributed by atoms with Gasteiger partial charge in [0.15, 0.2) is 5.82 Å². The molecule has 2 aromatic rings. The normalized spacial score (nSPS) is 19.8. The third kappa shape index (κ3) is 3.27. The molecule has 0 bridgehead atoms. The van der Waals surface area contributed by atoms with E-state index in [1.807, 2.05) is 30.3 Å². The molecule has 3 rings (SSSR count). The van der Waals surface area contributed by atoms with Gasteiger partial charge in [-0.2, -0.15) is 0 Å². The second-order valence-corrected chi connectivity index (χ2v) is 5.45. The first-order valence-electron chi connectivity index (χ1n) is 7.10. The summed E-state index contributed by atoms with van der Waals surface area (Å²) in [4.78, 5) is 20.3. The lowest BCUT2D eigenvalue weighted by Crippen LogP contribution is -2.22. The molecule has 1 heterocycles. The van der Waals surface area contributed by atoms with Crippen molar-refractivity contribution in [3.63, 3.8) is 0 Å². The van der Waals surface area contributed by atoms with Crippen molar-refractivity contribution in [2.75, 3.05) is 5.32 Å². The van der Waals surface area contributed by atoms with Crippen LogP contribution in [0.1, 0.15) is 19.3 Å². The van der Waals surface area contributed by atoms with Gasteiger partial charge in [0, 0.05) is 24.3 Å². The number of anilines is 1. The highest BCUT2D eigenvalue weighted by molar-refractivity contribution is 5.92. The van der Waals surface area contributed by atoms with E-state index in [0.29, 0.717) is 11.5 Å². The number of halogens is 2. The molecule has 1 aliphatic carbocycles. The fourth-order valence-corrected chi connectivity index (χ4v) is 2.55. The molecule has 1 saturated carbocycles. The maximum absolute atomic E-state index is 13.1. The summed E-state index contributed by atoms with van der Waals surface area (Å²) in [6, 6.07) is 9.43. The molecular weight excluding hydrogens is 288 g/mol. The van der Waals surface area contributed by atoms with Gasteiger partial charge >= 0.3 is 0 Å². The number of carbonyl (C=O) groups excluding carboxylic acids is 1. The molecule has 0 aliphatic heterocycles. The zero-order valence-corrected chi connectivity index (χ0v) is 11.8. The van der Waals surface area contributed by atoms with Crippen LogP contribution in [0.5, 0.6) is 0 Å². The van der Waals surface area contributed by atoms with E-state index in [4.69, 9.17) is 0 Å². The van der Waals surface area contributed by atoms with Crippen LogP contribution in [0.25, 0.3) is 11.4 Å². The van der Waals surface area contributed by atoms with Gasteiger partial charge in [-0.25, -0.2) is 18.7 Å². The fraction of sp³-hybridized carbons (Fsp3) is 0.312. The van der Waals surface area contributed by atoms with E-state index in [-0.39, 0.29) is 19.3 Å². The molecule has 22 heavy (non-hydrogen) atoms. The molecule has 6 heteroatoms. The highest BCUT2D eigenvalue weighted by Gasteiger charge is 2.42. The Labute approximate surface area is 126 Å². The van der Waals surface area contributed by atoms with Crippen LogP contribution >= 0.6 is 0 Å². The topological polar surface area (TPSA) is 54.9 Å². The molecule has 1 fully saturated rings. The van der Waals surface area contributed by atoms with Gasteiger partial charge in [0.05, 0.1) is 18.1 Å². The van der Waals surface area contributed by atoms with Crippen molar-refractivity contribution in [3.05, 3.63) is 42.7 Å². The Kier molecular flexibility index (Phi) is 3.83. The van der Waals surface area contributed by atoms with Gasteiger partial charge in [0.1, 0.15) is 0 Å². The second kappa shape index (κ2) is 5.79. The minimum atomic E-state index is -2.73. The third-order valence-corrected chi connectivity index (χ3v) is 3.73. The fourth-order valence-electron chi connectivity index (χ4n) is 2.55. The van der Waals surface area contributed by atoms with Crippen LogP contribution in [0.3, 0.4) is 0 Å². The van der Waals surface area contributed by atoms with Gasteiger partial charge in [-0.05, 0) is 6.42 Å². The zero-order valence-electron chi connectivity index (χ0n) is 11.8. The Hall–Kier alpha value is -2.37. The number of amides is 1. The first kappa shape index (κ1) is 14.6. The molecule has 1 atom stereocenters. The molecule has 1 aromatic heterocycles. The van der Waals surface area contributed by atoms with E-state index >= 15 is 0 Å². The van der Waals surface area contributed by atoms with Crippen molar-refractivity contribution >= 4 is 11.6 Å². The van der Waals surface area contributed by atoms with Crippen LogP contribution in [0.4, 0.5) is 14.5 Å². The molecule has 1 N–H and O–H groups in total. The molecule has 1 aliphatic rings. The van der Waals surface area contributed by atoms with Crippen molar-refractivity contribution in [2.45, 2.75) is 25.2 Å². The zero-order chi connectivity index (χ0) is 15.6. The molecule has 0 spiro atoms. The standard InChI is InChI=1S/C16H15F2N3O/c17-16(18)7-6-12(8-16)15(22)21-13-9-19-14(20-10-13)11-4-2-1-3-5-11/h1-5,9-10,12H,6-8H2,(H,21,22). The Balaban J connectivity index is 1.65. The number of benzene rings is 1. The largest absolute Gasteiger partial charge is 0.323 e. The first-order chi connectivity index (χ1) is 10.5. The molecule has 114 valence electrons. The summed E-state index contributed by atoms with van der Waals surface area (Å²) in [5.41, 5.74) is 1.29. The van der Waals surface area contributed by atoms with Crippen molar-refractivity contribution in [1.82, 2.24) is 9.97 Å². The number of carbonyl (C=O) groups is 1. The van der Waals surface area contributed by atoms with Crippen molar-refractivity contribution < 1.29 is 13.6 Å². The van der Waals surface area contributed by atoms with E-state index in [1.165, 1.54) is 12.4 Å². The lowest BCUT2D eigenvalue weighted by atomic mass is 10.1. The summed E-state index contributed by atoms with van der Waals surface area (Å²) in [6.07, 6.45) is 2.57. The summed E-state index contributed by atoms with van der Waals surface area (Å²) >= 11 is 0. The van der Waals surface area contributed by atoms with Crippen molar-refractivity contribution in [3.8, 4) is 11.4 Å². The Morgan fingerprint density at radius 3 is 2.45 bits per heavy atom. The van der Waals surface area contributed by atoms with E-state index in [0.717, 1.165) is 5.56 Å². The minimum Gasteiger partial charge on any atom is -0.323 e. The number of hydrogen-bond acceptors (Lipinski definition) is 3. The van der Waals surface area contributed by atoms with Gasteiger partial charge in [0.25, 0.3) is 0 Å². The summed E-state index contributed by atoms with van der Waals surface area (Å²) in [7, 11) is 0. The number of nitrogens with zero attached hydrogens (tertiary/aromatic N) is 2. The van der Waals surface area contributed by atoms with Gasteiger partial charge < -0.3 is 5.32 Å². The monoisotopic (exact) mass is 303 g/mol. The van der Waals surface area contributed by atoms with Gasteiger partial charge in [-0.3, -0.25) is 4.79 Å².